The molecule has 16 heavy (non-hydrogen) atoms. The van der Waals surface area contributed by atoms with Crippen molar-refractivity contribution in [3.05, 3.63) is 0 Å². The van der Waals surface area contributed by atoms with Crippen LogP contribution in [0.25, 0.3) is 0 Å². The minimum atomic E-state index is -0.836. The zero-order valence-electron chi connectivity index (χ0n) is 10.2. The number of hydrogen-bond donors (Lipinski definition) is 3. The first-order chi connectivity index (χ1) is 7.22. The summed E-state index contributed by atoms with van der Waals surface area (Å²) in [4.78, 5) is 21.8. The highest BCUT2D eigenvalue weighted by Gasteiger charge is 2.14. The second-order valence-corrected chi connectivity index (χ2v) is 4.87. The number of amides is 1. The Labute approximate surface area is 96.4 Å². The standard InChI is InChI=1S/C11H22N2O3/c1-8(10(15)16)5-7-13-9(14)4-6-11(2,3)12/h8H,4-7,12H2,1-3H3,(H,13,14)(H,15,16). The molecule has 0 saturated heterocycles. The minimum Gasteiger partial charge on any atom is -0.481 e. The fourth-order valence-corrected chi connectivity index (χ4v) is 1.08. The summed E-state index contributed by atoms with van der Waals surface area (Å²) in [6.07, 6.45) is 1.45. The van der Waals surface area contributed by atoms with Crippen LogP contribution in [0.4, 0.5) is 0 Å². The summed E-state index contributed by atoms with van der Waals surface area (Å²) in [5.41, 5.74) is 5.40. The van der Waals surface area contributed by atoms with Crippen LogP contribution >= 0.6 is 0 Å². The van der Waals surface area contributed by atoms with E-state index in [4.69, 9.17) is 10.8 Å². The van der Waals surface area contributed by atoms with Crippen LogP contribution in [0.2, 0.25) is 0 Å². The van der Waals surface area contributed by atoms with E-state index in [1.807, 2.05) is 13.8 Å². The number of carboxylic acids is 1. The van der Waals surface area contributed by atoms with Gasteiger partial charge < -0.3 is 16.2 Å². The van der Waals surface area contributed by atoms with Gasteiger partial charge in [0, 0.05) is 18.5 Å². The van der Waals surface area contributed by atoms with Crippen molar-refractivity contribution in [3.63, 3.8) is 0 Å². The molecular weight excluding hydrogens is 208 g/mol. The van der Waals surface area contributed by atoms with Gasteiger partial charge in [-0.1, -0.05) is 6.92 Å². The number of carboxylic acid groups (broad SMARTS) is 1. The second kappa shape index (κ2) is 6.48. The third kappa shape index (κ3) is 8.23. The minimum absolute atomic E-state index is 0.0730. The third-order valence-corrected chi connectivity index (χ3v) is 2.32. The molecule has 0 bridgehead atoms. The fourth-order valence-electron chi connectivity index (χ4n) is 1.08. The Bertz CT molecular complexity index is 246. The first kappa shape index (κ1) is 14.9. The Morgan fingerprint density at radius 1 is 1.44 bits per heavy atom. The van der Waals surface area contributed by atoms with Crippen molar-refractivity contribution in [1.29, 1.82) is 0 Å². The summed E-state index contributed by atoms with van der Waals surface area (Å²) >= 11 is 0. The molecular formula is C11H22N2O3. The van der Waals surface area contributed by atoms with Gasteiger partial charge in [-0.3, -0.25) is 9.59 Å². The molecule has 4 N–H and O–H groups in total. The molecule has 1 amide bonds. The van der Waals surface area contributed by atoms with E-state index in [0.717, 1.165) is 0 Å². The molecule has 0 rings (SSSR count). The van der Waals surface area contributed by atoms with Crippen molar-refractivity contribution >= 4 is 11.9 Å². The quantitative estimate of drug-likeness (QED) is 0.601. The Morgan fingerprint density at radius 3 is 2.44 bits per heavy atom. The maximum absolute atomic E-state index is 11.3. The molecule has 0 radical (unpaired) electrons. The molecule has 0 heterocycles. The third-order valence-electron chi connectivity index (χ3n) is 2.32. The number of nitrogens with one attached hydrogen (secondary N) is 1. The van der Waals surface area contributed by atoms with Crippen LogP contribution < -0.4 is 11.1 Å². The first-order valence-corrected chi connectivity index (χ1v) is 5.51. The van der Waals surface area contributed by atoms with Gasteiger partial charge in [-0.25, -0.2) is 0 Å². The number of hydrogen-bond acceptors (Lipinski definition) is 3. The van der Waals surface area contributed by atoms with Crippen molar-refractivity contribution in [2.75, 3.05) is 6.54 Å². The summed E-state index contributed by atoms with van der Waals surface area (Å²) in [6, 6.07) is 0. The zero-order valence-corrected chi connectivity index (χ0v) is 10.2. The van der Waals surface area contributed by atoms with Gasteiger partial charge in [0.15, 0.2) is 0 Å². The van der Waals surface area contributed by atoms with E-state index < -0.39 is 11.9 Å². The van der Waals surface area contributed by atoms with Crippen molar-refractivity contribution in [1.82, 2.24) is 5.32 Å². The lowest BCUT2D eigenvalue weighted by Gasteiger charge is -2.17. The van der Waals surface area contributed by atoms with E-state index in [-0.39, 0.29) is 11.4 Å². The normalized spacial score (nSPS) is 13.2. The highest BCUT2D eigenvalue weighted by Crippen LogP contribution is 2.06. The Balaban J connectivity index is 3.63. The summed E-state index contributed by atoms with van der Waals surface area (Å²) < 4.78 is 0. The monoisotopic (exact) mass is 230 g/mol. The molecule has 0 aliphatic heterocycles. The number of carbonyl (C=O) groups excluding carboxylic acids is 1. The average molecular weight is 230 g/mol. The van der Waals surface area contributed by atoms with Gasteiger partial charge in [-0.05, 0) is 26.7 Å². The summed E-state index contributed by atoms with van der Waals surface area (Å²) in [5, 5.41) is 11.3. The Morgan fingerprint density at radius 2 is 2.00 bits per heavy atom. The van der Waals surface area contributed by atoms with Crippen LogP contribution in [-0.4, -0.2) is 29.1 Å². The maximum Gasteiger partial charge on any atom is 0.306 e. The van der Waals surface area contributed by atoms with Crippen LogP contribution in [0.1, 0.15) is 40.0 Å². The smallest absolute Gasteiger partial charge is 0.306 e. The number of carbonyl (C=O) groups is 2. The summed E-state index contributed by atoms with van der Waals surface area (Å²) in [6.45, 7) is 5.76. The largest absolute Gasteiger partial charge is 0.481 e. The number of aliphatic carboxylic acids is 1. The van der Waals surface area contributed by atoms with E-state index in [2.05, 4.69) is 5.32 Å². The van der Waals surface area contributed by atoms with Crippen molar-refractivity contribution in [3.8, 4) is 0 Å². The van der Waals surface area contributed by atoms with Crippen LogP contribution in [0.15, 0.2) is 0 Å². The second-order valence-electron chi connectivity index (χ2n) is 4.87. The number of nitrogens with two attached hydrogens (primary N) is 1. The lowest BCUT2D eigenvalue weighted by molar-refractivity contribution is -0.141. The molecule has 0 spiro atoms. The van der Waals surface area contributed by atoms with Crippen molar-refractivity contribution < 1.29 is 14.7 Å². The molecule has 1 atom stereocenters. The predicted molar refractivity (Wildman–Crippen MR) is 61.9 cm³/mol. The lowest BCUT2D eigenvalue weighted by atomic mass is 10.00. The summed E-state index contributed by atoms with van der Waals surface area (Å²) in [5.74, 6) is -1.33. The van der Waals surface area contributed by atoms with Gasteiger partial charge in [0.05, 0.1) is 5.92 Å². The molecule has 0 fully saturated rings. The maximum atomic E-state index is 11.3. The molecule has 0 aromatic heterocycles. The Kier molecular flexibility index (Phi) is 6.03. The van der Waals surface area contributed by atoms with E-state index >= 15 is 0 Å². The molecule has 5 nitrogen and oxygen atoms in total. The Hall–Kier alpha value is -1.10. The van der Waals surface area contributed by atoms with E-state index in [9.17, 15) is 9.59 Å². The molecule has 0 aliphatic carbocycles. The molecule has 0 aliphatic rings. The fraction of sp³-hybridized carbons (Fsp3) is 0.818. The average Bonchev–Trinajstić information content (AvgIpc) is 2.13. The van der Waals surface area contributed by atoms with E-state index in [1.165, 1.54) is 0 Å². The lowest BCUT2D eigenvalue weighted by Crippen LogP contribution is -2.35. The van der Waals surface area contributed by atoms with Gasteiger partial charge in [-0.15, -0.1) is 0 Å². The van der Waals surface area contributed by atoms with Crippen LogP contribution in [0, 0.1) is 5.92 Å². The highest BCUT2D eigenvalue weighted by molar-refractivity contribution is 5.76. The molecule has 5 heteroatoms. The molecule has 0 aromatic rings. The predicted octanol–water partition coefficient (Wildman–Crippen LogP) is 0.731. The van der Waals surface area contributed by atoms with Crippen LogP contribution in [0.5, 0.6) is 0 Å². The van der Waals surface area contributed by atoms with E-state index in [1.54, 1.807) is 6.92 Å². The van der Waals surface area contributed by atoms with Crippen LogP contribution in [-0.2, 0) is 9.59 Å². The topological polar surface area (TPSA) is 92.4 Å². The molecule has 0 saturated carbocycles. The zero-order chi connectivity index (χ0) is 12.8. The summed E-state index contributed by atoms with van der Waals surface area (Å²) in [7, 11) is 0. The molecule has 1 unspecified atom stereocenters. The molecule has 0 aromatic carbocycles. The van der Waals surface area contributed by atoms with Gasteiger partial charge in [-0.2, -0.15) is 0 Å². The van der Waals surface area contributed by atoms with Crippen molar-refractivity contribution in [2.45, 2.75) is 45.6 Å². The van der Waals surface area contributed by atoms with E-state index in [0.29, 0.717) is 25.8 Å². The number of rotatable bonds is 7. The highest BCUT2D eigenvalue weighted by atomic mass is 16.4. The SMILES string of the molecule is CC(CCNC(=O)CCC(C)(C)N)C(=O)O. The first-order valence-electron chi connectivity index (χ1n) is 5.51. The van der Waals surface area contributed by atoms with Gasteiger partial charge in [0.25, 0.3) is 0 Å². The molecule has 94 valence electrons. The van der Waals surface area contributed by atoms with Gasteiger partial charge >= 0.3 is 5.97 Å². The van der Waals surface area contributed by atoms with Gasteiger partial charge in [0.2, 0.25) is 5.91 Å². The van der Waals surface area contributed by atoms with Crippen LogP contribution in [0.3, 0.4) is 0 Å². The van der Waals surface area contributed by atoms with Gasteiger partial charge in [0.1, 0.15) is 0 Å². The van der Waals surface area contributed by atoms with Crippen molar-refractivity contribution in [2.24, 2.45) is 11.7 Å².